The van der Waals surface area contributed by atoms with Gasteiger partial charge in [-0.1, -0.05) is 5.16 Å². The van der Waals surface area contributed by atoms with Crippen molar-refractivity contribution < 1.29 is 28.3 Å². The molecule has 0 radical (unpaired) electrons. The highest BCUT2D eigenvalue weighted by Crippen LogP contribution is 2.39. The molecule has 0 aromatic carbocycles. The Morgan fingerprint density at radius 3 is 2.81 bits per heavy atom. The van der Waals surface area contributed by atoms with Gasteiger partial charge in [0.1, 0.15) is 24.1 Å². The van der Waals surface area contributed by atoms with Crippen LogP contribution in [0.5, 0.6) is 0 Å². The number of methoxy groups -OCH3 is 1. The lowest BCUT2D eigenvalue weighted by Gasteiger charge is -2.37. The molecule has 2 aliphatic rings. The third kappa shape index (κ3) is 4.26. The molecular formula is C20H26N4O8. The number of carbonyl (C=O) groups excluding carboxylic acids is 1. The second kappa shape index (κ2) is 8.62. The normalized spacial score (nSPS) is 26.6. The van der Waals surface area contributed by atoms with E-state index in [1.54, 1.807) is 20.8 Å². The van der Waals surface area contributed by atoms with E-state index in [9.17, 15) is 14.4 Å². The fourth-order valence-corrected chi connectivity index (χ4v) is 4.08. The summed E-state index contributed by atoms with van der Waals surface area (Å²) in [5.41, 5.74) is -0.318. The minimum atomic E-state index is -0.913. The Kier molecular flexibility index (Phi) is 6.03. The summed E-state index contributed by atoms with van der Waals surface area (Å²) in [6, 6.07) is 0.755. The van der Waals surface area contributed by atoms with Crippen molar-refractivity contribution in [2.45, 2.75) is 57.5 Å². The molecule has 1 amide bonds. The van der Waals surface area contributed by atoms with E-state index in [2.05, 4.69) is 15.5 Å². The Balaban J connectivity index is 1.50. The summed E-state index contributed by atoms with van der Waals surface area (Å²) in [7, 11) is 1.52. The number of nitrogens with zero attached hydrogens (tertiary/aromatic N) is 2. The highest BCUT2D eigenvalue weighted by atomic mass is 16.8. The Morgan fingerprint density at radius 1 is 1.34 bits per heavy atom. The SMILES string of the molecule is COCc1c(C(=O)NC[C@H]2OC[C@@H](n3ccc(=O)[nH]c3=O)[C@@H]3OC(C)(C)O[C@@H]32)noc1C. The maximum absolute atomic E-state index is 12.7. The van der Waals surface area contributed by atoms with Crippen molar-refractivity contribution in [2.75, 3.05) is 20.3 Å². The van der Waals surface area contributed by atoms with Crippen LogP contribution < -0.4 is 16.6 Å². The van der Waals surface area contributed by atoms with E-state index in [4.69, 9.17) is 23.5 Å². The maximum atomic E-state index is 12.7. The molecule has 4 atom stereocenters. The summed E-state index contributed by atoms with van der Waals surface area (Å²) in [5.74, 6) is -0.829. The van der Waals surface area contributed by atoms with Crippen LogP contribution in [0.15, 0.2) is 26.4 Å². The van der Waals surface area contributed by atoms with Gasteiger partial charge in [-0.05, 0) is 20.8 Å². The van der Waals surface area contributed by atoms with Crippen molar-refractivity contribution in [3.8, 4) is 0 Å². The van der Waals surface area contributed by atoms with Crippen molar-refractivity contribution in [1.82, 2.24) is 20.0 Å². The van der Waals surface area contributed by atoms with Crippen LogP contribution in [0.1, 0.15) is 41.7 Å². The standard InChI is InChI=1S/C20H26N4O8/c1-10-11(8-28-4)15(23-32-10)18(26)21-7-13-17-16(30-20(2,3)31-17)12(9-29-13)24-6-5-14(25)22-19(24)27/h5-6,12-13,16-17H,7-9H2,1-4H3,(H,21,26)(H,22,25,27)/t12-,13-,16+,17-/m1/s1. The molecule has 2 aliphatic heterocycles. The second-order valence-electron chi connectivity index (χ2n) is 8.23. The van der Waals surface area contributed by atoms with Crippen LogP contribution in [0.3, 0.4) is 0 Å². The number of nitrogens with one attached hydrogen (secondary N) is 2. The van der Waals surface area contributed by atoms with Gasteiger partial charge in [0.05, 0.1) is 24.8 Å². The van der Waals surface area contributed by atoms with Gasteiger partial charge in [-0.3, -0.25) is 19.1 Å². The largest absolute Gasteiger partial charge is 0.380 e. The van der Waals surface area contributed by atoms with Crippen LogP contribution in [0.25, 0.3) is 0 Å². The third-order valence-corrected chi connectivity index (χ3v) is 5.55. The number of amides is 1. The highest BCUT2D eigenvalue weighted by Gasteiger charge is 2.52. The molecule has 174 valence electrons. The summed E-state index contributed by atoms with van der Waals surface area (Å²) < 4.78 is 29.7. The van der Waals surface area contributed by atoms with Crippen molar-refractivity contribution in [3.05, 3.63) is 50.1 Å². The van der Waals surface area contributed by atoms with Gasteiger partial charge < -0.3 is 28.8 Å². The number of fused-ring (bicyclic) bond motifs is 1. The van der Waals surface area contributed by atoms with E-state index in [-0.39, 0.29) is 25.5 Å². The van der Waals surface area contributed by atoms with Gasteiger partial charge >= 0.3 is 5.69 Å². The highest BCUT2D eigenvalue weighted by molar-refractivity contribution is 5.93. The zero-order valence-electron chi connectivity index (χ0n) is 18.2. The average molecular weight is 450 g/mol. The Hall–Kier alpha value is -2.80. The van der Waals surface area contributed by atoms with Crippen molar-refractivity contribution >= 4 is 5.91 Å². The molecule has 4 rings (SSSR count). The molecule has 4 heterocycles. The maximum Gasteiger partial charge on any atom is 0.328 e. The molecule has 2 aromatic heterocycles. The fraction of sp³-hybridized carbons (Fsp3) is 0.600. The van der Waals surface area contributed by atoms with E-state index in [1.807, 2.05) is 0 Å². The Morgan fingerprint density at radius 2 is 2.09 bits per heavy atom. The summed E-state index contributed by atoms with van der Waals surface area (Å²) in [6.07, 6.45) is -0.199. The molecule has 0 saturated carbocycles. The van der Waals surface area contributed by atoms with Crippen molar-refractivity contribution in [1.29, 1.82) is 0 Å². The quantitative estimate of drug-likeness (QED) is 0.614. The number of hydrogen-bond donors (Lipinski definition) is 2. The van der Waals surface area contributed by atoms with Gasteiger partial charge in [0, 0.05) is 25.9 Å². The first-order chi connectivity index (χ1) is 15.2. The molecule has 12 nitrogen and oxygen atoms in total. The van der Waals surface area contributed by atoms with E-state index in [1.165, 1.54) is 23.9 Å². The van der Waals surface area contributed by atoms with Gasteiger partial charge in [0.15, 0.2) is 11.5 Å². The molecule has 12 heteroatoms. The first kappa shape index (κ1) is 22.4. The molecule has 32 heavy (non-hydrogen) atoms. The number of hydrogen-bond acceptors (Lipinski definition) is 9. The number of carbonyl (C=O) groups is 1. The first-order valence-electron chi connectivity index (χ1n) is 10.2. The predicted molar refractivity (Wildman–Crippen MR) is 108 cm³/mol. The summed E-state index contributed by atoms with van der Waals surface area (Å²) in [4.78, 5) is 38.6. The molecule has 2 saturated heterocycles. The fourth-order valence-electron chi connectivity index (χ4n) is 4.08. The van der Waals surface area contributed by atoms with Crippen LogP contribution >= 0.6 is 0 Å². The molecule has 0 aliphatic carbocycles. The third-order valence-electron chi connectivity index (χ3n) is 5.55. The lowest BCUT2D eigenvalue weighted by atomic mass is 9.97. The molecule has 2 N–H and O–H groups in total. The van der Waals surface area contributed by atoms with Crippen molar-refractivity contribution in [2.24, 2.45) is 0 Å². The molecule has 0 spiro atoms. The summed E-state index contributed by atoms with van der Waals surface area (Å²) >= 11 is 0. The van der Waals surface area contributed by atoms with Crippen LogP contribution in [0, 0.1) is 6.92 Å². The summed E-state index contributed by atoms with van der Waals surface area (Å²) in [5, 5.41) is 6.63. The lowest BCUT2D eigenvalue weighted by Crippen LogP contribution is -2.54. The minimum absolute atomic E-state index is 0.130. The van der Waals surface area contributed by atoms with E-state index >= 15 is 0 Å². The van der Waals surface area contributed by atoms with Gasteiger partial charge in [0.25, 0.3) is 11.5 Å². The van der Waals surface area contributed by atoms with Crippen LogP contribution in [0.4, 0.5) is 0 Å². The number of ether oxygens (including phenoxy) is 4. The molecule has 2 fully saturated rings. The Labute approximate surface area is 182 Å². The van der Waals surface area contributed by atoms with E-state index in [0.29, 0.717) is 11.3 Å². The molecule has 0 bridgehead atoms. The summed E-state index contributed by atoms with van der Waals surface area (Å²) in [6.45, 7) is 5.70. The number of aryl methyl sites for hydroxylation is 1. The number of aromatic amines is 1. The van der Waals surface area contributed by atoms with E-state index in [0.717, 1.165) is 0 Å². The zero-order chi connectivity index (χ0) is 23.0. The van der Waals surface area contributed by atoms with Crippen LogP contribution in [-0.2, 0) is 25.6 Å². The Bertz CT molecular complexity index is 1100. The molecule has 0 unspecified atom stereocenters. The topological polar surface area (TPSA) is 147 Å². The first-order valence-corrected chi connectivity index (χ1v) is 10.2. The second-order valence-corrected chi connectivity index (χ2v) is 8.23. The predicted octanol–water partition coefficient (Wildman–Crippen LogP) is -0.131. The van der Waals surface area contributed by atoms with Gasteiger partial charge in [-0.2, -0.15) is 0 Å². The average Bonchev–Trinajstić information content (AvgIpc) is 3.25. The zero-order valence-corrected chi connectivity index (χ0v) is 18.2. The number of H-pyrrole nitrogens is 1. The molecule has 2 aromatic rings. The number of aromatic nitrogens is 3. The van der Waals surface area contributed by atoms with E-state index < -0.39 is 47.3 Å². The van der Waals surface area contributed by atoms with Gasteiger partial charge in [-0.15, -0.1) is 0 Å². The minimum Gasteiger partial charge on any atom is -0.380 e. The smallest absolute Gasteiger partial charge is 0.328 e. The van der Waals surface area contributed by atoms with Crippen LogP contribution in [0.2, 0.25) is 0 Å². The van der Waals surface area contributed by atoms with Crippen LogP contribution in [-0.4, -0.2) is 65.0 Å². The monoisotopic (exact) mass is 450 g/mol. The van der Waals surface area contributed by atoms with Crippen molar-refractivity contribution in [3.63, 3.8) is 0 Å². The molecular weight excluding hydrogens is 424 g/mol. The van der Waals surface area contributed by atoms with Gasteiger partial charge in [-0.25, -0.2) is 4.79 Å². The lowest BCUT2D eigenvalue weighted by molar-refractivity contribution is -0.153. The number of rotatable bonds is 6. The van der Waals surface area contributed by atoms with Gasteiger partial charge in [0.2, 0.25) is 0 Å².